The van der Waals surface area contributed by atoms with E-state index in [1.165, 1.54) is 6.07 Å². The Balaban J connectivity index is 1.69. The molecular formula is C25H26N2O6. The quantitative estimate of drug-likeness (QED) is 0.655. The summed E-state index contributed by atoms with van der Waals surface area (Å²) in [4.78, 5) is 40.9. The molecule has 3 aromatic rings. The maximum Gasteiger partial charge on any atom is 0.255 e. The van der Waals surface area contributed by atoms with Crippen molar-refractivity contribution in [2.24, 2.45) is 0 Å². The highest BCUT2D eigenvalue weighted by Crippen LogP contribution is 2.34. The molecule has 1 atom stereocenters. The van der Waals surface area contributed by atoms with Gasteiger partial charge in [0.25, 0.3) is 5.56 Å². The fraction of sp³-hybridized carbons (Fsp3) is 0.400. The molecule has 0 saturated carbocycles. The second kappa shape index (κ2) is 8.51. The summed E-state index contributed by atoms with van der Waals surface area (Å²) in [5, 5.41) is 11.5. The van der Waals surface area contributed by atoms with E-state index in [1.807, 2.05) is 18.2 Å². The van der Waals surface area contributed by atoms with Crippen LogP contribution in [-0.2, 0) is 22.5 Å². The molecule has 5 rings (SSSR count). The SMILES string of the molecule is Cc1cc(=O)c(O)c([C@@H](CC(=O)N2CCOCC2)c2cc3cccc4c3n(c2=O)CCC4)o1. The van der Waals surface area contributed by atoms with Crippen LogP contribution < -0.4 is 11.0 Å². The summed E-state index contributed by atoms with van der Waals surface area (Å²) in [7, 11) is 0. The largest absolute Gasteiger partial charge is 0.502 e. The van der Waals surface area contributed by atoms with Crippen LogP contribution >= 0.6 is 0 Å². The molecule has 1 aromatic carbocycles. The third-order valence-corrected chi connectivity index (χ3v) is 6.56. The number of carbonyl (C=O) groups is 1. The molecule has 1 N–H and O–H groups in total. The maximum atomic E-state index is 13.7. The molecule has 2 aromatic heterocycles. The molecule has 2 aliphatic rings. The van der Waals surface area contributed by atoms with E-state index in [2.05, 4.69) is 0 Å². The lowest BCUT2D eigenvalue weighted by Crippen LogP contribution is -2.41. The van der Waals surface area contributed by atoms with Gasteiger partial charge in [-0.1, -0.05) is 18.2 Å². The molecule has 8 nitrogen and oxygen atoms in total. The molecule has 0 radical (unpaired) electrons. The highest BCUT2D eigenvalue weighted by atomic mass is 16.5. The minimum Gasteiger partial charge on any atom is -0.502 e. The van der Waals surface area contributed by atoms with Crippen LogP contribution in [0.1, 0.15) is 41.4 Å². The van der Waals surface area contributed by atoms with Crippen molar-refractivity contribution in [3.8, 4) is 5.75 Å². The second-order valence-electron chi connectivity index (χ2n) is 8.70. The molecule has 1 fully saturated rings. The van der Waals surface area contributed by atoms with E-state index in [0.29, 0.717) is 44.2 Å². The van der Waals surface area contributed by atoms with Gasteiger partial charge in [0.05, 0.1) is 24.6 Å². The number of aryl methyl sites for hydroxylation is 3. The number of ether oxygens (including phenoxy) is 1. The average molecular weight is 450 g/mol. The first-order chi connectivity index (χ1) is 15.9. The van der Waals surface area contributed by atoms with Gasteiger partial charge in [0, 0.05) is 37.7 Å². The minimum atomic E-state index is -0.890. The van der Waals surface area contributed by atoms with Crippen molar-refractivity contribution in [2.75, 3.05) is 26.3 Å². The molecule has 8 heteroatoms. The fourth-order valence-corrected chi connectivity index (χ4v) is 4.96. The van der Waals surface area contributed by atoms with Crippen molar-refractivity contribution < 1.29 is 19.1 Å². The number of morpholine rings is 1. The third-order valence-electron chi connectivity index (χ3n) is 6.56. The van der Waals surface area contributed by atoms with Gasteiger partial charge in [-0.05, 0) is 36.8 Å². The first-order valence-electron chi connectivity index (χ1n) is 11.3. The Kier molecular flexibility index (Phi) is 5.54. The minimum absolute atomic E-state index is 0.0437. The number of benzene rings is 1. The Labute approximate surface area is 190 Å². The van der Waals surface area contributed by atoms with E-state index in [1.54, 1.807) is 22.5 Å². The zero-order valence-corrected chi connectivity index (χ0v) is 18.5. The standard InChI is InChI=1S/C25H26N2O6/c1-15-12-20(28)23(30)24(33-15)18(14-21(29)26-8-10-32-11-9-26)19-13-17-5-2-4-16-6-3-7-27(22(16)17)25(19)31/h2,4-5,12-13,18,30H,3,6-11,14H2,1H3/t18-/m0/s1. The van der Waals surface area contributed by atoms with Gasteiger partial charge < -0.3 is 23.7 Å². The van der Waals surface area contributed by atoms with Crippen LogP contribution in [-0.4, -0.2) is 46.8 Å². The number of pyridine rings is 1. The molecule has 0 unspecified atom stereocenters. The monoisotopic (exact) mass is 450 g/mol. The number of aromatic nitrogens is 1. The molecule has 2 aliphatic heterocycles. The number of hydrogen-bond acceptors (Lipinski definition) is 6. The number of carbonyl (C=O) groups excluding carboxylic acids is 1. The molecule has 0 spiro atoms. The molecule has 4 heterocycles. The topological polar surface area (TPSA) is 102 Å². The van der Waals surface area contributed by atoms with Gasteiger partial charge in [-0.3, -0.25) is 14.4 Å². The Hall–Kier alpha value is -3.39. The lowest BCUT2D eigenvalue weighted by molar-refractivity contribution is -0.135. The Morgan fingerprint density at radius 3 is 2.73 bits per heavy atom. The summed E-state index contributed by atoms with van der Waals surface area (Å²) in [6.07, 6.45) is 1.65. The first kappa shape index (κ1) is 21.5. The van der Waals surface area contributed by atoms with Crippen LogP contribution in [0.3, 0.4) is 0 Å². The van der Waals surface area contributed by atoms with E-state index >= 15 is 0 Å². The average Bonchev–Trinajstić information content (AvgIpc) is 2.83. The number of para-hydroxylation sites is 1. The molecule has 1 amide bonds. The van der Waals surface area contributed by atoms with Gasteiger partial charge in [-0.2, -0.15) is 0 Å². The zero-order chi connectivity index (χ0) is 23.1. The van der Waals surface area contributed by atoms with Crippen molar-refractivity contribution in [3.05, 3.63) is 73.6 Å². The smallest absolute Gasteiger partial charge is 0.255 e. The van der Waals surface area contributed by atoms with Gasteiger partial charge in [-0.15, -0.1) is 0 Å². The molecule has 0 aliphatic carbocycles. The molecule has 1 saturated heterocycles. The lowest BCUT2D eigenvalue weighted by Gasteiger charge is -2.29. The van der Waals surface area contributed by atoms with E-state index in [0.717, 1.165) is 29.3 Å². The number of nitrogens with zero attached hydrogens (tertiary/aromatic N) is 2. The van der Waals surface area contributed by atoms with Crippen LogP contribution in [0.4, 0.5) is 0 Å². The zero-order valence-electron chi connectivity index (χ0n) is 18.5. The van der Waals surface area contributed by atoms with Crippen LogP contribution in [0.15, 0.2) is 44.3 Å². The summed E-state index contributed by atoms with van der Waals surface area (Å²) < 4.78 is 12.9. The number of rotatable bonds is 4. The Morgan fingerprint density at radius 1 is 1.15 bits per heavy atom. The van der Waals surface area contributed by atoms with Crippen LogP contribution in [0, 0.1) is 6.92 Å². The summed E-state index contributed by atoms with van der Waals surface area (Å²) in [6.45, 7) is 4.00. The van der Waals surface area contributed by atoms with E-state index in [4.69, 9.17) is 9.15 Å². The van der Waals surface area contributed by atoms with Crippen LogP contribution in [0.25, 0.3) is 10.9 Å². The molecule has 0 bridgehead atoms. The third kappa shape index (κ3) is 3.84. The van der Waals surface area contributed by atoms with Gasteiger partial charge in [0.2, 0.25) is 17.1 Å². The fourth-order valence-electron chi connectivity index (χ4n) is 4.96. The van der Waals surface area contributed by atoms with Crippen molar-refractivity contribution in [2.45, 2.75) is 38.6 Å². The van der Waals surface area contributed by atoms with Gasteiger partial charge in [-0.25, -0.2) is 0 Å². The van der Waals surface area contributed by atoms with Crippen molar-refractivity contribution in [1.82, 2.24) is 9.47 Å². The predicted octanol–water partition coefficient (Wildman–Crippen LogP) is 2.30. The van der Waals surface area contributed by atoms with E-state index < -0.39 is 17.1 Å². The highest BCUT2D eigenvalue weighted by Gasteiger charge is 2.31. The van der Waals surface area contributed by atoms with Crippen LogP contribution in [0.5, 0.6) is 5.75 Å². The Bertz CT molecular complexity index is 1350. The maximum absolute atomic E-state index is 13.7. The van der Waals surface area contributed by atoms with Gasteiger partial charge in [0.1, 0.15) is 5.76 Å². The molecule has 172 valence electrons. The van der Waals surface area contributed by atoms with Crippen molar-refractivity contribution >= 4 is 16.8 Å². The summed E-state index contributed by atoms with van der Waals surface area (Å²) in [5.74, 6) is -1.37. The van der Waals surface area contributed by atoms with Crippen molar-refractivity contribution in [1.29, 1.82) is 0 Å². The summed E-state index contributed by atoms with van der Waals surface area (Å²) in [5.41, 5.74) is 1.55. The van der Waals surface area contributed by atoms with Gasteiger partial charge >= 0.3 is 0 Å². The van der Waals surface area contributed by atoms with E-state index in [9.17, 15) is 19.5 Å². The number of amides is 1. The number of aromatic hydroxyl groups is 1. The normalized spacial score (nSPS) is 16.7. The lowest BCUT2D eigenvalue weighted by atomic mass is 9.90. The summed E-state index contributed by atoms with van der Waals surface area (Å²) >= 11 is 0. The predicted molar refractivity (Wildman–Crippen MR) is 122 cm³/mol. The first-order valence-corrected chi connectivity index (χ1v) is 11.3. The number of hydrogen-bond donors (Lipinski definition) is 1. The van der Waals surface area contributed by atoms with E-state index in [-0.39, 0.29) is 23.6 Å². The van der Waals surface area contributed by atoms with Crippen LogP contribution in [0.2, 0.25) is 0 Å². The van der Waals surface area contributed by atoms with Crippen molar-refractivity contribution in [3.63, 3.8) is 0 Å². The highest BCUT2D eigenvalue weighted by molar-refractivity contribution is 5.84. The van der Waals surface area contributed by atoms with Gasteiger partial charge in [0.15, 0.2) is 5.76 Å². The second-order valence-corrected chi connectivity index (χ2v) is 8.70. The molecular weight excluding hydrogens is 424 g/mol. The Morgan fingerprint density at radius 2 is 1.94 bits per heavy atom. The summed E-state index contributed by atoms with van der Waals surface area (Å²) in [6, 6.07) is 8.91. The molecule has 33 heavy (non-hydrogen) atoms.